The van der Waals surface area contributed by atoms with Gasteiger partial charge < -0.3 is 5.32 Å². The van der Waals surface area contributed by atoms with E-state index in [2.05, 4.69) is 34.3 Å². The molecule has 0 spiro atoms. The van der Waals surface area contributed by atoms with Crippen LogP contribution >= 0.6 is 22.7 Å². The number of aromatic nitrogens is 3. The second-order valence-corrected chi connectivity index (χ2v) is 6.24. The van der Waals surface area contributed by atoms with E-state index in [0.29, 0.717) is 6.04 Å². The number of nitrogens with one attached hydrogen (secondary N) is 1. The van der Waals surface area contributed by atoms with Gasteiger partial charge in [0.25, 0.3) is 0 Å². The molecule has 92 valence electrons. The van der Waals surface area contributed by atoms with Crippen molar-refractivity contribution in [3.63, 3.8) is 0 Å². The molecule has 0 bridgehead atoms. The maximum Gasteiger partial charge on any atom is 0.167 e. The highest BCUT2D eigenvalue weighted by Gasteiger charge is 2.09. The van der Waals surface area contributed by atoms with Gasteiger partial charge in [-0.3, -0.25) is 0 Å². The Bertz CT molecular complexity index is 475. The molecule has 6 heteroatoms. The zero-order valence-corrected chi connectivity index (χ0v) is 11.9. The fourth-order valence-electron chi connectivity index (χ4n) is 1.39. The van der Waals surface area contributed by atoms with Crippen LogP contribution in [0.3, 0.4) is 0 Å². The molecule has 2 heterocycles. The molecular formula is C11H16N4S2. The van der Waals surface area contributed by atoms with Gasteiger partial charge in [0.15, 0.2) is 5.01 Å². The van der Waals surface area contributed by atoms with Crippen molar-refractivity contribution < 1.29 is 0 Å². The fourth-order valence-corrected chi connectivity index (χ4v) is 2.86. The summed E-state index contributed by atoms with van der Waals surface area (Å²) in [5.74, 6) is 0. The monoisotopic (exact) mass is 268 g/mol. The van der Waals surface area contributed by atoms with Gasteiger partial charge in [-0.05, 0) is 6.92 Å². The molecular weight excluding hydrogens is 252 g/mol. The molecule has 4 nitrogen and oxygen atoms in total. The van der Waals surface area contributed by atoms with Gasteiger partial charge in [-0.25, -0.2) is 4.98 Å². The highest BCUT2D eigenvalue weighted by molar-refractivity contribution is 7.15. The lowest BCUT2D eigenvalue weighted by Crippen LogP contribution is -2.24. The highest BCUT2D eigenvalue weighted by atomic mass is 32.1. The zero-order valence-electron chi connectivity index (χ0n) is 10.2. The van der Waals surface area contributed by atoms with Crippen LogP contribution in [-0.4, -0.2) is 27.8 Å². The van der Waals surface area contributed by atoms with E-state index in [4.69, 9.17) is 0 Å². The summed E-state index contributed by atoms with van der Waals surface area (Å²) < 4.78 is 0. The summed E-state index contributed by atoms with van der Waals surface area (Å²) in [4.78, 5) is 4.41. The molecule has 0 fully saturated rings. The Balaban J connectivity index is 1.96. The molecule has 2 aromatic rings. The minimum absolute atomic E-state index is 0.517. The van der Waals surface area contributed by atoms with Crippen molar-refractivity contribution in [1.82, 2.24) is 20.5 Å². The molecule has 0 atom stereocenters. The Morgan fingerprint density at radius 1 is 1.35 bits per heavy atom. The number of aryl methyl sites for hydroxylation is 1. The van der Waals surface area contributed by atoms with Crippen molar-refractivity contribution in [2.45, 2.75) is 33.2 Å². The summed E-state index contributed by atoms with van der Waals surface area (Å²) in [5.41, 5.74) is 0.952. The second-order valence-electron chi connectivity index (χ2n) is 4.11. The Kier molecular flexibility index (Phi) is 4.20. The first-order valence-electron chi connectivity index (χ1n) is 5.63. The van der Waals surface area contributed by atoms with E-state index in [1.807, 2.05) is 12.3 Å². The highest BCUT2D eigenvalue weighted by Crippen LogP contribution is 2.24. The van der Waals surface area contributed by atoms with E-state index >= 15 is 0 Å². The van der Waals surface area contributed by atoms with E-state index in [9.17, 15) is 0 Å². The molecule has 17 heavy (non-hydrogen) atoms. The van der Waals surface area contributed by atoms with Crippen molar-refractivity contribution in [3.8, 4) is 10.7 Å². The first kappa shape index (κ1) is 12.6. The van der Waals surface area contributed by atoms with E-state index in [-0.39, 0.29) is 0 Å². The van der Waals surface area contributed by atoms with E-state index in [0.717, 1.165) is 33.7 Å². The number of hydrogen-bond donors (Lipinski definition) is 1. The average molecular weight is 268 g/mol. The van der Waals surface area contributed by atoms with Gasteiger partial charge >= 0.3 is 0 Å². The Morgan fingerprint density at radius 2 is 2.18 bits per heavy atom. The van der Waals surface area contributed by atoms with Crippen molar-refractivity contribution in [2.75, 3.05) is 6.54 Å². The number of thiazole rings is 1. The van der Waals surface area contributed by atoms with Crippen LogP contribution in [0, 0.1) is 6.92 Å². The Morgan fingerprint density at radius 3 is 2.82 bits per heavy atom. The van der Waals surface area contributed by atoms with Crippen LogP contribution in [0.25, 0.3) is 10.7 Å². The van der Waals surface area contributed by atoms with Crippen LogP contribution in [0.15, 0.2) is 5.38 Å². The minimum Gasteiger partial charge on any atom is -0.314 e. The summed E-state index contributed by atoms with van der Waals surface area (Å²) in [5, 5.41) is 16.8. The fraction of sp³-hybridized carbons (Fsp3) is 0.545. The van der Waals surface area contributed by atoms with Crippen LogP contribution in [0.1, 0.15) is 23.9 Å². The van der Waals surface area contributed by atoms with Crippen LogP contribution < -0.4 is 5.32 Å². The smallest absolute Gasteiger partial charge is 0.167 e. The first-order valence-corrected chi connectivity index (χ1v) is 7.33. The van der Waals surface area contributed by atoms with Crippen LogP contribution in [0.2, 0.25) is 0 Å². The maximum atomic E-state index is 4.41. The molecule has 0 aliphatic rings. The third-order valence-corrected chi connectivity index (χ3v) is 3.98. The van der Waals surface area contributed by atoms with Crippen molar-refractivity contribution >= 4 is 22.7 Å². The average Bonchev–Trinajstić information content (AvgIpc) is 2.86. The summed E-state index contributed by atoms with van der Waals surface area (Å²) in [6, 6.07) is 0.517. The molecule has 0 amide bonds. The summed E-state index contributed by atoms with van der Waals surface area (Å²) >= 11 is 3.28. The van der Waals surface area contributed by atoms with Gasteiger partial charge in [0.05, 0.1) is 5.01 Å². The third kappa shape index (κ3) is 3.55. The van der Waals surface area contributed by atoms with Crippen LogP contribution in [0.5, 0.6) is 0 Å². The number of hydrogen-bond acceptors (Lipinski definition) is 6. The van der Waals surface area contributed by atoms with Crippen LogP contribution in [-0.2, 0) is 6.42 Å². The molecule has 0 aliphatic heterocycles. The lowest BCUT2D eigenvalue weighted by molar-refractivity contribution is 0.588. The maximum absolute atomic E-state index is 4.41. The SMILES string of the molecule is Cc1nc(-c2nnc(CCNC(C)C)s2)cs1. The molecule has 0 saturated carbocycles. The van der Waals surface area contributed by atoms with E-state index < -0.39 is 0 Å². The lowest BCUT2D eigenvalue weighted by Gasteiger charge is -2.04. The molecule has 0 radical (unpaired) electrons. The van der Waals surface area contributed by atoms with Crippen molar-refractivity contribution in [1.29, 1.82) is 0 Å². The summed E-state index contributed by atoms with van der Waals surface area (Å²) in [6.07, 6.45) is 0.930. The number of rotatable bonds is 5. The molecule has 2 rings (SSSR count). The first-order chi connectivity index (χ1) is 8.15. The van der Waals surface area contributed by atoms with Gasteiger partial charge in [0.2, 0.25) is 0 Å². The molecule has 0 aliphatic carbocycles. The topological polar surface area (TPSA) is 50.7 Å². The van der Waals surface area contributed by atoms with Crippen molar-refractivity contribution in [3.05, 3.63) is 15.4 Å². The van der Waals surface area contributed by atoms with Gasteiger partial charge in [-0.1, -0.05) is 25.2 Å². The predicted octanol–water partition coefficient (Wildman–Crippen LogP) is 2.51. The van der Waals surface area contributed by atoms with Gasteiger partial charge in [-0.2, -0.15) is 0 Å². The second kappa shape index (κ2) is 5.66. The lowest BCUT2D eigenvalue weighted by atomic mass is 10.3. The van der Waals surface area contributed by atoms with Crippen LogP contribution in [0.4, 0.5) is 0 Å². The van der Waals surface area contributed by atoms with E-state index in [1.165, 1.54) is 0 Å². The molecule has 0 aromatic carbocycles. The molecule has 2 aromatic heterocycles. The molecule has 0 unspecified atom stereocenters. The van der Waals surface area contributed by atoms with E-state index in [1.54, 1.807) is 22.7 Å². The molecule has 0 saturated heterocycles. The summed E-state index contributed by atoms with van der Waals surface area (Å²) in [6.45, 7) is 7.23. The Hall–Kier alpha value is -0.850. The summed E-state index contributed by atoms with van der Waals surface area (Å²) in [7, 11) is 0. The number of nitrogens with zero attached hydrogens (tertiary/aromatic N) is 3. The van der Waals surface area contributed by atoms with Gasteiger partial charge in [0.1, 0.15) is 10.7 Å². The standard InChI is InChI=1S/C11H16N4S2/c1-7(2)12-5-4-10-14-15-11(17-10)9-6-16-8(3)13-9/h6-7,12H,4-5H2,1-3H3. The normalized spacial score (nSPS) is 11.3. The minimum atomic E-state index is 0.517. The van der Waals surface area contributed by atoms with Crippen molar-refractivity contribution in [2.24, 2.45) is 0 Å². The molecule has 1 N–H and O–H groups in total. The zero-order chi connectivity index (χ0) is 12.3. The quantitative estimate of drug-likeness (QED) is 0.905. The Labute approximate surface area is 109 Å². The largest absolute Gasteiger partial charge is 0.314 e. The third-order valence-electron chi connectivity index (χ3n) is 2.20. The van der Waals surface area contributed by atoms with Gasteiger partial charge in [0, 0.05) is 24.4 Å². The predicted molar refractivity (Wildman–Crippen MR) is 72.6 cm³/mol. The van der Waals surface area contributed by atoms with Gasteiger partial charge in [-0.15, -0.1) is 21.5 Å².